The average molecular weight is 429 g/mol. The molecule has 158 valence electrons. The fourth-order valence-corrected chi connectivity index (χ4v) is 4.82. The summed E-state index contributed by atoms with van der Waals surface area (Å²) in [6.45, 7) is 1.60. The third-order valence-electron chi connectivity index (χ3n) is 4.64. The van der Waals surface area contributed by atoms with Crippen LogP contribution in [0.4, 0.5) is 13.2 Å². The van der Waals surface area contributed by atoms with E-state index < -0.39 is 22.1 Å². The lowest BCUT2D eigenvalue weighted by Crippen LogP contribution is -2.41. The van der Waals surface area contributed by atoms with Gasteiger partial charge in [0.15, 0.2) is 0 Å². The smallest absolute Gasteiger partial charge is 0.406 e. The Kier molecular flexibility index (Phi) is 6.81. The van der Waals surface area contributed by atoms with Crippen molar-refractivity contribution in [2.75, 3.05) is 19.7 Å². The molecular weight excluding hydrogens is 407 g/mol. The molecule has 0 N–H and O–H groups in total. The zero-order valence-corrected chi connectivity index (χ0v) is 16.5. The van der Waals surface area contributed by atoms with E-state index in [2.05, 4.69) is 4.74 Å². The first kappa shape index (κ1) is 21.6. The number of sulfonamides is 1. The molecule has 1 heterocycles. The normalized spacial score (nSPS) is 18.5. The van der Waals surface area contributed by atoms with Crippen LogP contribution in [0.3, 0.4) is 0 Å². The van der Waals surface area contributed by atoms with Crippen LogP contribution in [-0.4, -0.2) is 38.8 Å². The number of alkyl halides is 3. The van der Waals surface area contributed by atoms with Crippen molar-refractivity contribution < 1.29 is 31.1 Å². The molecule has 0 saturated carbocycles. The van der Waals surface area contributed by atoms with Crippen LogP contribution in [0.25, 0.3) is 0 Å². The van der Waals surface area contributed by atoms with E-state index in [1.165, 1.54) is 4.31 Å². The third-order valence-corrected chi connectivity index (χ3v) is 6.52. The van der Waals surface area contributed by atoms with Gasteiger partial charge in [-0.1, -0.05) is 30.3 Å². The summed E-state index contributed by atoms with van der Waals surface area (Å²) in [6.07, 6.45) is -3.26. The minimum Gasteiger partial charge on any atom is -0.406 e. The van der Waals surface area contributed by atoms with Gasteiger partial charge in [-0.3, -0.25) is 0 Å². The van der Waals surface area contributed by atoms with Gasteiger partial charge >= 0.3 is 6.36 Å². The summed E-state index contributed by atoms with van der Waals surface area (Å²) < 4.78 is 73.4. The van der Waals surface area contributed by atoms with Gasteiger partial charge in [-0.15, -0.1) is 13.2 Å². The van der Waals surface area contributed by atoms with E-state index in [1.54, 1.807) is 0 Å². The maximum absolute atomic E-state index is 12.8. The van der Waals surface area contributed by atoms with Crippen LogP contribution in [0.1, 0.15) is 18.4 Å². The fourth-order valence-electron chi connectivity index (χ4n) is 3.26. The number of nitrogens with zero attached hydrogens (tertiary/aromatic N) is 1. The minimum atomic E-state index is -4.82. The van der Waals surface area contributed by atoms with Crippen molar-refractivity contribution in [2.24, 2.45) is 5.92 Å². The molecule has 0 amide bonds. The van der Waals surface area contributed by atoms with Gasteiger partial charge in [0.05, 0.1) is 18.1 Å². The zero-order valence-electron chi connectivity index (χ0n) is 15.6. The highest BCUT2D eigenvalue weighted by atomic mass is 32.2. The van der Waals surface area contributed by atoms with E-state index in [-0.39, 0.29) is 10.8 Å². The second-order valence-electron chi connectivity index (χ2n) is 6.89. The van der Waals surface area contributed by atoms with Gasteiger partial charge in [0.2, 0.25) is 10.0 Å². The topological polar surface area (TPSA) is 55.8 Å². The van der Waals surface area contributed by atoms with Gasteiger partial charge in [0, 0.05) is 13.1 Å². The first-order valence-corrected chi connectivity index (χ1v) is 10.7. The Hall–Kier alpha value is -2.10. The molecule has 2 aromatic carbocycles. The Morgan fingerprint density at radius 1 is 1.03 bits per heavy atom. The average Bonchev–Trinajstić information content (AvgIpc) is 2.68. The van der Waals surface area contributed by atoms with Crippen molar-refractivity contribution in [1.82, 2.24) is 4.31 Å². The molecule has 1 aliphatic heterocycles. The first-order valence-electron chi connectivity index (χ1n) is 9.22. The molecule has 9 heteroatoms. The van der Waals surface area contributed by atoms with Crippen molar-refractivity contribution >= 4 is 10.0 Å². The number of ether oxygens (including phenoxy) is 2. The number of rotatable bonds is 7. The fraction of sp³-hybridized carbons (Fsp3) is 0.400. The lowest BCUT2D eigenvalue weighted by molar-refractivity contribution is -0.274. The van der Waals surface area contributed by atoms with Gasteiger partial charge < -0.3 is 9.47 Å². The number of benzene rings is 2. The molecule has 5 nitrogen and oxygen atoms in total. The summed E-state index contributed by atoms with van der Waals surface area (Å²) in [6, 6.07) is 14.0. The van der Waals surface area contributed by atoms with E-state index in [0.29, 0.717) is 32.7 Å². The van der Waals surface area contributed by atoms with Gasteiger partial charge in [-0.2, -0.15) is 4.31 Å². The predicted octanol–water partition coefficient (Wildman–Crippen LogP) is 4.20. The van der Waals surface area contributed by atoms with Crippen molar-refractivity contribution in [3.63, 3.8) is 0 Å². The number of piperidine rings is 1. The highest BCUT2D eigenvalue weighted by molar-refractivity contribution is 7.89. The van der Waals surface area contributed by atoms with Gasteiger partial charge in [-0.05, 0) is 48.6 Å². The summed E-state index contributed by atoms with van der Waals surface area (Å²) in [5.74, 6) is -0.391. The van der Waals surface area contributed by atoms with Gasteiger partial charge in [0.1, 0.15) is 5.75 Å². The van der Waals surface area contributed by atoms with Gasteiger partial charge in [0.25, 0.3) is 0 Å². The van der Waals surface area contributed by atoms with Crippen LogP contribution in [-0.2, 0) is 21.4 Å². The highest BCUT2D eigenvalue weighted by Gasteiger charge is 2.32. The summed E-state index contributed by atoms with van der Waals surface area (Å²) in [5, 5.41) is 0. The zero-order chi connectivity index (χ0) is 20.9. The Morgan fingerprint density at radius 3 is 2.38 bits per heavy atom. The van der Waals surface area contributed by atoms with E-state index >= 15 is 0 Å². The molecule has 3 rings (SSSR count). The summed E-state index contributed by atoms with van der Waals surface area (Å²) in [7, 11) is -3.79. The Balaban J connectivity index is 1.58. The molecule has 1 saturated heterocycles. The molecular formula is C20H22F3NO4S. The maximum Gasteiger partial charge on any atom is 0.573 e. The van der Waals surface area contributed by atoms with Crippen molar-refractivity contribution in [3.8, 4) is 5.75 Å². The Morgan fingerprint density at radius 2 is 1.72 bits per heavy atom. The SMILES string of the molecule is O=S(=O)(c1ccc(OC(F)(F)F)cc1)N1CCCC(COCc2ccccc2)C1. The number of halogens is 3. The van der Waals surface area contributed by atoms with E-state index in [0.717, 1.165) is 36.2 Å². The molecule has 1 unspecified atom stereocenters. The lowest BCUT2D eigenvalue weighted by Gasteiger charge is -2.31. The standard InChI is InChI=1S/C20H22F3NO4S/c21-20(22,23)28-18-8-10-19(11-9-18)29(25,26)24-12-4-7-17(13-24)15-27-14-16-5-2-1-3-6-16/h1-3,5-6,8-11,17H,4,7,12-15H2. The van der Waals surface area contributed by atoms with Crippen LogP contribution in [0, 0.1) is 5.92 Å². The Bertz CT molecular complexity index is 886. The van der Waals surface area contributed by atoms with Crippen molar-refractivity contribution in [1.29, 1.82) is 0 Å². The van der Waals surface area contributed by atoms with Crippen molar-refractivity contribution in [2.45, 2.75) is 30.7 Å². The van der Waals surface area contributed by atoms with Crippen LogP contribution in [0.15, 0.2) is 59.5 Å². The molecule has 0 aromatic heterocycles. The highest BCUT2D eigenvalue weighted by Crippen LogP contribution is 2.27. The monoisotopic (exact) mass is 429 g/mol. The molecule has 1 fully saturated rings. The van der Waals surface area contributed by atoms with E-state index in [9.17, 15) is 21.6 Å². The quantitative estimate of drug-likeness (QED) is 0.662. The first-order chi connectivity index (χ1) is 13.7. The van der Waals surface area contributed by atoms with E-state index in [1.807, 2.05) is 30.3 Å². The summed E-state index contributed by atoms with van der Waals surface area (Å²) in [5.41, 5.74) is 1.05. The largest absolute Gasteiger partial charge is 0.573 e. The third kappa shape index (κ3) is 6.19. The maximum atomic E-state index is 12.8. The minimum absolute atomic E-state index is 0.0575. The predicted molar refractivity (Wildman–Crippen MR) is 101 cm³/mol. The molecule has 0 aliphatic carbocycles. The molecule has 0 bridgehead atoms. The summed E-state index contributed by atoms with van der Waals surface area (Å²) in [4.78, 5) is -0.0575. The molecule has 2 aromatic rings. The molecule has 0 spiro atoms. The molecule has 1 atom stereocenters. The molecule has 29 heavy (non-hydrogen) atoms. The van der Waals surface area contributed by atoms with Crippen LogP contribution >= 0.6 is 0 Å². The second-order valence-corrected chi connectivity index (χ2v) is 8.83. The molecule has 0 radical (unpaired) electrons. The number of hydrogen-bond acceptors (Lipinski definition) is 4. The van der Waals surface area contributed by atoms with Crippen LogP contribution in [0.2, 0.25) is 0 Å². The summed E-state index contributed by atoms with van der Waals surface area (Å²) >= 11 is 0. The van der Waals surface area contributed by atoms with Crippen molar-refractivity contribution in [3.05, 3.63) is 60.2 Å². The van der Waals surface area contributed by atoms with Crippen LogP contribution in [0.5, 0.6) is 5.75 Å². The number of hydrogen-bond donors (Lipinski definition) is 0. The van der Waals surface area contributed by atoms with Gasteiger partial charge in [-0.25, -0.2) is 8.42 Å². The Labute approximate surface area is 168 Å². The second kappa shape index (κ2) is 9.15. The van der Waals surface area contributed by atoms with E-state index in [4.69, 9.17) is 4.74 Å². The van der Waals surface area contributed by atoms with Crippen LogP contribution < -0.4 is 4.74 Å². The lowest BCUT2D eigenvalue weighted by atomic mass is 10.0. The molecule has 1 aliphatic rings.